The topological polar surface area (TPSA) is 45.0 Å². The van der Waals surface area contributed by atoms with Gasteiger partial charge in [-0.15, -0.1) is 0 Å². The highest BCUT2D eigenvalue weighted by molar-refractivity contribution is 6.16. The van der Waals surface area contributed by atoms with Crippen LogP contribution in [0.15, 0.2) is 42.6 Å². The number of rotatable bonds is 7. The summed E-state index contributed by atoms with van der Waals surface area (Å²) in [5.41, 5.74) is 3.16. The van der Waals surface area contributed by atoms with E-state index in [1.807, 2.05) is 67.0 Å². The summed E-state index contributed by atoms with van der Waals surface area (Å²) in [5, 5.41) is 0.896. The summed E-state index contributed by atoms with van der Waals surface area (Å²) in [6, 6.07) is 11.4. The van der Waals surface area contributed by atoms with Crippen LogP contribution in [0.5, 0.6) is 0 Å². The second kappa shape index (κ2) is 7.40. The van der Waals surface area contributed by atoms with E-state index in [1.54, 1.807) is 13.0 Å². The maximum Gasteiger partial charge on any atom is 0.179 e. The van der Waals surface area contributed by atoms with Crippen LogP contribution in [-0.2, 0) is 0 Å². The van der Waals surface area contributed by atoms with Gasteiger partial charge in [-0.05, 0) is 46.3 Å². The van der Waals surface area contributed by atoms with E-state index in [-0.39, 0.29) is 11.6 Å². The summed E-state index contributed by atoms with van der Waals surface area (Å²) in [5.74, 6) is 0.120. The highest BCUT2D eigenvalue weighted by Crippen LogP contribution is 2.28. The fourth-order valence-electron chi connectivity index (χ4n) is 3.22. The van der Waals surface area contributed by atoms with Crippen molar-refractivity contribution in [3.63, 3.8) is 0 Å². The molecular formula is C21H25N3O2. The number of hydrogen-bond acceptors (Lipinski definition) is 4. The van der Waals surface area contributed by atoms with E-state index in [0.717, 1.165) is 35.1 Å². The van der Waals surface area contributed by atoms with Crippen molar-refractivity contribution < 1.29 is 9.59 Å². The van der Waals surface area contributed by atoms with Gasteiger partial charge in [0.15, 0.2) is 11.6 Å². The Bertz CT molecular complexity index is 972. The molecule has 0 aliphatic rings. The van der Waals surface area contributed by atoms with Crippen LogP contribution in [0.4, 0.5) is 0 Å². The Morgan fingerprint density at radius 3 is 2.46 bits per heavy atom. The van der Waals surface area contributed by atoms with Gasteiger partial charge in [-0.25, -0.2) is 0 Å². The van der Waals surface area contributed by atoms with Crippen molar-refractivity contribution in [1.29, 1.82) is 0 Å². The molecule has 0 saturated heterocycles. The molecule has 0 aliphatic carbocycles. The number of benzene rings is 1. The van der Waals surface area contributed by atoms with Gasteiger partial charge in [0.1, 0.15) is 0 Å². The Hall–Kier alpha value is -2.50. The fraction of sp³-hybridized carbons (Fsp3) is 0.333. The van der Waals surface area contributed by atoms with Gasteiger partial charge in [0.2, 0.25) is 0 Å². The lowest BCUT2D eigenvalue weighted by Crippen LogP contribution is -2.32. The highest BCUT2D eigenvalue weighted by atomic mass is 16.1. The number of nitrogens with zero attached hydrogens (tertiary/aromatic N) is 3. The van der Waals surface area contributed by atoms with E-state index < -0.39 is 0 Å². The van der Waals surface area contributed by atoms with E-state index in [2.05, 4.69) is 4.90 Å². The average molecular weight is 351 g/mol. The molecule has 5 heteroatoms. The summed E-state index contributed by atoms with van der Waals surface area (Å²) in [7, 11) is 6.02. The number of aromatic nitrogens is 1. The van der Waals surface area contributed by atoms with Gasteiger partial charge >= 0.3 is 0 Å². The SMILES string of the molecule is CC(=O)c1ccc2c(C(=O)CN(C)CCN(C)C)c3ccccn3c2c1. The number of carbonyl (C=O) groups excluding carboxylic acids is 2. The predicted octanol–water partition coefficient (Wildman–Crippen LogP) is 2.97. The predicted molar refractivity (Wildman–Crippen MR) is 105 cm³/mol. The molecule has 2 heterocycles. The molecule has 5 nitrogen and oxygen atoms in total. The van der Waals surface area contributed by atoms with Crippen molar-refractivity contribution >= 4 is 28.0 Å². The van der Waals surface area contributed by atoms with Gasteiger partial charge < -0.3 is 9.30 Å². The Morgan fingerprint density at radius 2 is 1.77 bits per heavy atom. The van der Waals surface area contributed by atoms with Crippen molar-refractivity contribution in [2.45, 2.75) is 6.92 Å². The molecule has 0 amide bonds. The summed E-state index contributed by atoms with van der Waals surface area (Å²) in [4.78, 5) is 29.0. The third-order valence-electron chi connectivity index (χ3n) is 4.67. The zero-order valence-electron chi connectivity index (χ0n) is 15.8. The van der Waals surface area contributed by atoms with Crippen molar-refractivity contribution in [2.75, 3.05) is 40.8 Å². The lowest BCUT2D eigenvalue weighted by molar-refractivity contribution is 0.0945. The van der Waals surface area contributed by atoms with E-state index in [9.17, 15) is 9.59 Å². The first-order valence-corrected chi connectivity index (χ1v) is 8.78. The van der Waals surface area contributed by atoms with E-state index in [4.69, 9.17) is 0 Å². The second-order valence-corrected chi connectivity index (χ2v) is 7.08. The quantitative estimate of drug-likeness (QED) is 0.614. The van der Waals surface area contributed by atoms with E-state index in [0.29, 0.717) is 12.1 Å². The van der Waals surface area contributed by atoms with Crippen LogP contribution in [0.2, 0.25) is 0 Å². The molecule has 0 unspecified atom stereocenters. The smallest absolute Gasteiger partial charge is 0.179 e. The summed E-state index contributed by atoms with van der Waals surface area (Å²) in [6.07, 6.45) is 1.94. The minimum atomic E-state index is 0.0223. The van der Waals surface area contributed by atoms with Gasteiger partial charge in [0, 0.05) is 30.2 Å². The molecule has 2 aromatic heterocycles. The van der Waals surface area contributed by atoms with Gasteiger partial charge in [-0.2, -0.15) is 0 Å². The maximum atomic E-state index is 13.1. The van der Waals surface area contributed by atoms with Gasteiger partial charge in [0.25, 0.3) is 0 Å². The normalized spacial score (nSPS) is 11.8. The average Bonchev–Trinajstić information content (AvgIpc) is 2.93. The van der Waals surface area contributed by atoms with Crippen LogP contribution in [0.25, 0.3) is 16.4 Å². The van der Waals surface area contributed by atoms with E-state index >= 15 is 0 Å². The van der Waals surface area contributed by atoms with Crippen LogP contribution >= 0.6 is 0 Å². The highest BCUT2D eigenvalue weighted by Gasteiger charge is 2.19. The molecule has 136 valence electrons. The fourth-order valence-corrected chi connectivity index (χ4v) is 3.22. The molecule has 0 bridgehead atoms. The molecule has 0 fully saturated rings. The van der Waals surface area contributed by atoms with Crippen LogP contribution in [0.1, 0.15) is 27.6 Å². The summed E-state index contributed by atoms with van der Waals surface area (Å²) >= 11 is 0. The molecular weight excluding hydrogens is 326 g/mol. The van der Waals surface area contributed by atoms with Crippen LogP contribution < -0.4 is 0 Å². The van der Waals surface area contributed by atoms with Crippen molar-refractivity contribution in [2.24, 2.45) is 0 Å². The number of hydrogen-bond donors (Lipinski definition) is 0. The van der Waals surface area contributed by atoms with Gasteiger partial charge in [0.05, 0.1) is 23.1 Å². The second-order valence-electron chi connectivity index (χ2n) is 7.08. The molecule has 3 rings (SSSR count). The number of carbonyl (C=O) groups is 2. The molecule has 0 atom stereocenters. The van der Waals surface area contributed by atoms with Crippen molar-refractivity contribution in [3.05, 3.63) is 53.7 Å². The van der Waals surface area contributed by atoms with E-state index in [1.165, 1.54) is 0 Å². The Labute approximate surface area is 153 Å². The van der Waals surface area contributed by atoms with Gasteiger partial charge in [-0.3, -0.25) is 14.5 Å². The number of Topliss-reactive ketones (excluding diaryl/α,β-unsaturated/α-hetero) is 2. The third-order valence-corrected chi connectivity index (χ3v) is 4.67. The molecule has 1 aromatic carbocycles. The molecule has 0 N–H and O–H groups in total. The minimum absolute atomic E-state index is 0.0223. The lowest BCUT2D eigenvalue weighted by Gasteiger charge is -2.18. The number of pyridine rings is 1. The Morgan fingerprint density at radius 1 is 1.00 bits per heavy atom. The monoisotopic (exact) mass is 351 g/mol. The Kier molecular flexibility index (Phi) is 5.20. The summed E-state index contributed by atoms with van der Waals surface area (Å²) in [6.45, 7) is 3.66. The summed E-state index contributed by atoms with van der Waals surface area (Å²) < 4.78 is 1.99. The lowest BCUT2D eigenvalue weighted by atomic mass is 10.0. The molecule has 0 saturated carbocycles. The Balaban J connectivity index is 2.04. The minimum Gasteiger partial charge on any atom is -0.316 e. The largest absolute Gasteiger partial charge is 0.316 e. The zero-order chi connectivity index (χ0) is 18.8. The van der Waals surface area contributed by atoms with Gasteiger partial charge in [-0.1, -0.05) is 18.2 Å². The molecule has 3 aromatic rings. The first-order valence-electron chi connectivity index (χ1n) is 8.78. The first kappa shape index (κ1) is 18.3. The van der Waals surface area contributed by atoms with Crippen molar-refractivity contribution in [1.82, 2.24) is 14.2 Å². The molecule has 0 radical (unpaired) electrons. The number of likely N-dealkylation sites (N-methyl/N-ethyl adjacent to an activating group) is 2. The van der Waals surface area contributed by atoms with Crippen molar-refractivity contribution in [3.8, 4) is 0 Å². The molecule has 0 spiro atoms. The maximum absolute atomic E-state index is 13.1. The third kappa shape index (κ3) is 3.54. The zero-order valence-corrected chi connectivity index (χ0v) is 15.8. The number of fused-ring (bicyclic) bond motifs is 3. The van der Waals surface area contributed by atoms with Crippen LogP contribution in [0, 0.1) is 0 Å². The number of ketones is 2. The molecule has 26 heavy (non-hydrogen) atoms. The molecule has 0 aliphatic heterocycles. The van der Waals surface area contributed by atoms with Crippen LogP contribution in [-0.4, -0.2) is 66.5 Å². The van der Waals surface area contributed by atoms with Crippen LogP contribution in [0.3, 0.4) is 0 Å². The first-order chi connectivity index (χ1) is 12.4. The standard InChI is InChI=1S/C21H25N3O2/c1-15(25)16-8-9-17-19(13-16)24-10-6-5-7-18(24)21(17)20(26)14-23(4)12-11-22(2)3/h5-10,13H,11-12,14H2,1-4H3.